The molecule has 8 heteroatoms. The van der Waals surface area contributed by atoms with Gasteiger partial charge in [0.15, 0.2) is 6.61 Å². The molecule has 4 rings (SSSR count). The standard InChI is InChI=1S/C24H23N3O5/c1-15(2)26-11-10-21-19(13-26)23(18-8-3-4-9-20(18)25-21)24(29)32-14-22(28)16-6-5-7-17(12-16)27(30)31/h3-9,12,15H,10-11,13-14H2,1-2H3. The lowest BCUT2D eigenvalue weighted by Crippen LogP contribution is -2.37. The lowest BCUT2D eigenvalue weighted by molar-refractivity contribution is -0.384. The molecule has 1 aromatic heterocycles. The molecule has 0 unspecified atom stereocenters. The Morgan fingerprint density at radius 1 is 1.19 bits per heavy atom. The van der Waals surface area contributed by atoms with Crippen LogP contribution < -0.4 is 0 Å². The highest BCUT2D eigenvalue weighted by Gasteiger charge is 2.28. The Bertz CT molecular complexity index is 1220. The van der Waals surface area contributed by atoms with Gasteiger partial charge in [-0.2, -0.15) is 0 Å². The fourth-order valence-electron chi connectivity index (χ4n) is 3.96. The Kier molecular flexibility index (Phi) is 5.96. The zero-order chi connectivity index (χ0) is 22.8. The zero-order valence-corrected chi connectivity index (χ0v) is 17.9. The van der Waals surface area contributed by atoms with Crippen LogP contribution in [0.4, 0.5) is 5.69 Å². The minimum absolute atomic E-state index is 0.125. The summed E-state index contributed by atoms with van der Waals surface area (Å²) in [6, 6.07) is 13.1. The van der Waals surface area contributed by atoms with Crippen molar-refractivity contribution in [2.75, 3.05) is 13.2 Å². The zero-order valence-electron chi connectivity index (χ0n) is 17.9. The van der Waals surface area contributed by atoms with E-state index in [1.165, 1.54) is 24.3 Å². The summed E-state index contributed by atoms with van der Waals surface area (Å²) in [5.41, 5.74) is 2.78. The third-order valence-electron chi connectivity index (χ3n) is 5.72. The first-order valence-electron chi connectivity index (χ1n) is 10.4. The number of nitro groups is 1. The number of benzene rings is 2. The van der Waals surface area contributed by atoms with Crippen LogP contribution in [0.1, 0.15) is 45.8 Å². The van der Waals surface area contributed by atoms with E-state index < -0.39 is 23.3 Å². The van der Waals surface area contributed by atoms with Gasteiger partial charge in [0, 0.05) is 59.9 Å². The van der Waals surface area contributed by atoms with Crippen LogP contribution in [0.3, 0.4) is 0 Å². The molecule has 0 saturated heterocycles. The Morgan fingerprint density at radius 3 is 2.72 bits per heavy atom. The summed E-state index contributed by atoms with van der Waals surface area (Å²) in [6.45, 7) is 5.15. The predicted octanol–water partition coefficient (Wildman–Crippen LogP) is 3.95. The SMILES string of the molecule is CC(C)N1CCc2nc3ccccc3c(C(=O)OCC(=O)c3cccc([N+](=O)[O-])c3)c2C1. The molecular weight excluding hydrogens is 410 g/mol. The van der Waals surface area contributed by atoms with Crippen molar-refractivity contribution in [1.82, 2.24) is 9.88 Å². The molecule has 0 atom stereocenters. The predicted molar refractivity (Wildman–Crippen MR) is 119 cm³/mol. The second-order valence-electron chi connectivity index (χ2n) is 8.05. The van der Waals surface area contributed by atoms with Gasteiger partial charge < -0.3 is 4.74 Å². The van der Waals surface area contributed by atoms with E-state index in [-0.39, 0.29) is 11.3 Å². The number of carbonyl (C=O) groups excluding carboxylic acids is 2. The van der Waals surface area contributed by atoms with Gasteiger partial charge in [-0.05, 0) is 19.9 Å². The van der Waals surface area contributed by atoms with E-state index in [1.807, 2.05) is 24.3 Å². The molecule has 3 aromatic rings. The van der Waals surface area contributed by atoms with Crippen molar-refractivity contribution >= 4 is 28.3 Å². The molecule has 0 saturated carbocycles. The van der Waals surface area contributed by atoms with Crippen molar-refractivity contribution in [3.05, 3.63) is 81.0 Å². The number of esters is 1. The van der Waals surface area contributed by atoms with Crippen LogP contribution in [-0.4, -0.2) is 45.8 Å². The Hall–Kier alpha value is -3.65. The monoisotopic (exact) mass is 433 g/mol. The maximum atomic E-state index is 13.2. The van der Waals surface area contributed by atoms with Crippen LogP contribution in [-0.2, 0) is 17.7 Å². The number of nitrogens with zero attached hydrogens (tertiary/aromatic N) is 3. The van der Waals surface area contributed by atoms with E-state index in [0.717, 1.165) is 24.2 Å². The van der Waals surface area contributed by atoms with Crippen LogP contribution >= 0.6 is 0 Å². The van der Waals surface area contributed by atoms with E-state index in [1.54, 1.807) is 0 Å². The van der Waals surface area contributed by atoms with Gasteiger partial charge in [0.2, 0.25) is 5.78 Å². The van der Waals surface area contributed by atoms with Gasteiger partial charge in [-0.3, -0.25) is 24.8 Å². The molecule has 32 heavy (non-hydrogen) atoms. The highest BCUT2D eigenvalue weighted by atomic mass is 16.6. The van der Waals surface area contributed by atoms with Gasteiger partial charge in [-0.1, -0.05) is 30.3 Å². The first-order valence-corrected chi connectivity index (χ1v) is 10.4. The van der Waals surface area contributed by atoms with Gasteiger partial charge in [0.25, 0.3) is 5.69 Å². The van der Waals surface area contributed by atoms with E-state index in [2.05, 4.69) is 18.7 Å². The number of fused-ring (bicyclic) bond motifs is 2. The van der Waals surface area contributed by atoms with Crippen molar-refractivity contribution in [2.45, 2.75) is 32.9 Å². The molecule has 1 aliphatic heterocycles. The number of rotatable bonds is 6. The van der Waals surface area contributed by atoms with Crippen molar-refractivity contribution in [1.29, 1.82) is 0 Å². The smallest absolute Gasteiger partial charge is 0.339 e. The number of hydrogen-bond acceptors (Lipinski definition) is 7. The number of carbonyl (C=O) groups is 2. The van der Waals surface area contributed by atoms with Gasteiger partial charge in [0.05, 0.1) is 16.0 Å². The average molecular weight is 433 g/mol. The lowest BCUT2D eigenvalue weighted by Gasteiger charge is -2.32. The molecule has 2 heterocycles. The molecule has 2 aromatic carbocycles. The quantitative estimate of drug-likeness (QED) is 0.251. The first kappa shape index (κ1) is 21.6. The first-order chi connectivity index (χ1) is 15.3. The largest absolute Gasteiger partial charge is 0.454 e. The summed E-state index contributed by atoms with van der Waals surface area (Å²) in [5, 5.41) is 11.6. The summed E-state index contributed by atoms with van der Waals surface area (Å²) in [4.78, 5) is 43.1. The number of ketones is 1. The van der Waals surface area contributed by atoms with Crippen molar-refractivity contribution in [3.8, 4) is 0 Å². The molecule has 0 aliphatic carbocycles. The van der Waals surface area contributed by atoms with Crippen LogP contribution in [0.25, 0.3) is 10.9 Å². The highest BCUT2D eigenvalue weighted by Crippen LogP contribution is 2.29. The molecule has 0 N–H and O–H groups in total. The third-order valence-corrected chi connectivity index (χ3v) is 5.72. The molecule has 0 bridgehead atoms. The van der Waals surface area contributed by atoms with Gasteiger partial charge in [-0.25, -0.2) is 4.79 Å². The third kappa shape index (κ3) is 4.22. The number of ether oxygens (including phenoxy) is 1. The average Bonchev–Trinajstić information content (AvgIpc) is 2.80. The summed E-state index contributed by atoms with van der Waals surface area (Å²) in [5.74, 6) is -1.10. The number of hydrogen-bond donors (Lipinski definition) is 0. The summed E-state index contributed by atoms with van der Waals surface area (Å²) < 4.78 is 5.41. The van der Waals surface area contributed by atoms with Crippen molar-refractivity contribution in [3.63, 3.8) is 0 Å². The Labute approximate surface area is 185 Å². The molecule has 0 amide bonds. The van der Waals surface area contributed by atoms with E-state index in [0.29, 0.717) is 29.1 Å². The molecular formula is C24H23N3O5. The fraction of sp³-hybridized carbons (Fsp3) is 0.292. The lowest BCUT2D eigenvalue weighted by atomic mass is 9.95. The summed E-state index contributed by atoms with van der Waals surface area (Å²) in [6.07, 6.45) is 0.727. The normalized spacial score (nSPS) is 13.7. The maximum absolute atomic E-state index is 13.2. The van der Waals surface area contributed by atoms with Crippen molar-refractivity contribution in [2.24, 2.45) is 0 Å². The molecule has 0 radical (unpaired) electrons. The van der Waals surface area contributed by atoms with E-state index in [9.17, 15) is 19.7 Å². The van der Waals surface area contributed by atoms with Crippen LogP contribution in [0.2, 0.25) is 0 Å². The summed E-state index contributed by atoms with van der Waals surface area (Å²) in [7, 11) is 0. The van der Waals surface area contributed by atoms with E-state index in [4.69, 9.17) is 9.72 Å². The number of para-hydroxylation sites is 1. The fourth-order valence-corrected chi connectivity index (χ4v) is 3.96. The topological polar surface area (TPSA) is 103 Å². The molecule has 1 aliphatic rings. The highest BCUT2D eigenvalue weighted by molar-refractivity contribution is 6.06. The Morgan fingerprint density at radius 2 is 1.97 bits per heavy atom. The van der Waals surface area contributed by atoms with Crippen LogP contribution in [0.15, 0.2) is 48.5 Å². The molecule has 0 fully saturated rings. The molecule has 0 spiro atoms. The number of pyridine rings is 1. The van der Waals surface area contributed by atoms with Gasteiger partial charge in [0.1, 0.15) is 0 Å². The van der Waals surface area contributed by atoms with Crippen LogP contribution in [0, 0.1) is 10.1 Å². The number of Topliss-reactive ketones (excluding diaryl/α,β-unsaturated/α-hetero) is 1. The van der Waals surface area contributed by atoms with Crippen LogP contribution in [0.5, 0.6) is 0 Å². The number of nitro benzene ring substituents is 1. The number of non-ortho nitro benzene ring substituents is 1. The summed E-state index contributed by atoms with van der Waals surface area (Å²) >= 11 is 0. The second kappa shape index (κ2) is 8.84. The molecule has 8 nitrogen and oxygen atoms in total. The Balaban J connectivity index is 1.63. The van der Waals surface area contributed by atoms with Crippen molar-refractivity contribution < 1.29 is 19.2 Å². The van der Waals surface area contributed by atoms with E-state index >= 15 is 0 Å². The second-order valence-corrected chi connectivity index (χ2v) is 8.05. The van der Waals surface area contributed by atoms with Gasteiger partial charge in [-0.15, -0.1) is 0 Å². The maximum Gasteiger partial charge on any atom is 0.339 e. The molecule has 164 valence electrons. The minimum atomic E-state index is -0.593. The number of aromatic nitrogens is 1. The minimum Gasteiger partial charge on any atom is -0.454 e. The van der Waals surface area contributed by atoms with Gasteiger partial charge >= 0.3 is 5.97 Å².